The van der Waals surface area contributed by atoms with Crippen LogP contribution in [-0.4, -0.2) is 10.2 Å². The maximum Gasteiger partial charge on any atom is 0.210 e. The number of nitrogens with zero attached hydrogens (tertiary/aromatic N) is 2. The molecule has 3 nitrogen and oxygen atoms in total. The van der Waals surface area contributed by atoms with Crippen molar-refractivity contribution in [3.63, 3.8) is 0 Å². The summed E-state index contributed by atoms with van der Waals surface area (Å²) in [6.07, 6.45) is 0. The zero-order chi connectivity index (χ0) is 10.8. The Balaban J connectivity index is 2.28. The standard InChI is InChI=1S/C8H4Br2ClN3S/c9-6-4(11)2-1-3-5(6)12-8-14-13-7(10)15-8/h1-3H,(H,12,14). The van der Waals surface area contributed by atoms with Gasteiger partial charge >= 0.3 is 0 Å². The van der Waals surface area contributed by atoms with E-state index in [1.165, 1.54) is 11.3 Å². The predicted octanol–water partition coefficient (Wildman–Crippen LogP) is 4.46. The first kappa shape index (κ1) is 11.3. The van der Waals surface area contributed by atoms with Crippen molar-refractivity contribution in [1.82, 2.24) is 10.2 Å². The molecule has 0 spiro atoms. The maximum atomic E-state index is 5.96. The van der Waals surface area contributed by atoms with E-state index in [2.05, 4.69) is 47.4 Å². The minimum Gasteiger partial charge on any atom is -0.329 e. The van der Waals surface area contributed by atoms with Crippen molar-refractivity contribution in [1.29, 1.82) is 0 Å². The highest BCUT2D eigenvalue weighted by Gasteiger charge is 2.06. The summed E-state index contributed by atoms with van der Waals surface area (Å²) in [6, 6.07) is 5.59. The molecule has 1 aromatic heterocycles. The van der Waals surface area contributed by atoms with Crippen LogP contribution < -0.4 is 5.32 Å². The van der Waals surface area contributed by atoms with Crippen LogP contribution >= 0.6 is 54.8 Å². The Hall–Kier alpha value is -0.170. The second-order valence-corrected chi connectivity index (χ2v) is 6.04. The number of rotatable bonds is 2. The molecule has 7 heteroatoms. The van der Waals surface area contributed by atoms with E-state index in [4.69, 9.17) is 11.6 Å². The van der Waals surface area contributed by atoms with E-state index in [0.29, 0.717) is 10.2 Å². The fourth-order valence-corrected chi connectivity index (χ4v) is 2.53. The molecule has 0 saturated heterocycles. The summed E-state index contributed by atoms with van der Waals surface area (Å²) < 4.78 is 1.56. The van der Waals surface area contributed by atoms with Crippen LogP contribution in [0.1, 0.15) is 0 Å². The average Bonchev–Trinajstić information content (AvgIpc) is 2.59. The van der Waals surface area contributed by atoms with Crippen LogP contribution in [0.4, 0.5) is 10.8 Å². The summed E-state index contributed by atoms with van der Waals surface area (Å²) in [5.41, 5.74) is 0.867. The highest BCUT2D eigenvalue weighted by atomic mass is 79.9. The van der Waals surface area contributed by atoms with Gasteiger partial charge in [0.15, 0.2) is 3.92 Å². The van der Waals surface area contributed by atoms with E-state index in [-0.39, 0.29) is 0 Å². The molecule has 0 radical (unpaired) electrons. The summed E-state index contributed by atoms with van der Waals surface area (Å²) in [6.45, 7) is 0. The maximum absolute atomic E-state index is 5.96. The lowest BCUT2D eigenvalue weighted by Gasteiger charge is -2.05. The Morgan fingerprint density at radius 3 is 2.73 bits per heavy atom. The molecule has 1 N–H and O–H groups in total. The number of nitrogens with one attached hydrogen (secondary N) is 1. The second kappa shape index (κ2) is 4.78. The first-order valence-electron chi connectivity index (χ1n) is 3.87. The van der Waals surface area contributed by atoms with Crippen molar-refractivity contribution >= 4 is 65.6 Å². The summed E-state index contributed by atoms with van der Waals surface area (Å²) in [4.78, 5) is 0. The van der Waals surface area contributed by atoms with Crippen molar-refractivity contribution in [3.05, 3.63) is 31.6 Å². The highest BCUT2D eigenvalue weighted by molar-refractivity contribution is 9.11. The number of hydrogen-bond donors (Lipinski definition) is 1. The first-order chi connectivity index (χ1) is 7.16. The van der Waals surface area contributed by atoms with Gasteiger partial charge in [-0.05, 0) is 44.0 Å². The zero-order valence-electron chi connectivity index (χ0n) is 7.17. The summed E-state index contributed by atoms with van der Waals surface area (Å²) >= 11 is 14.0. The Morgan fingerprint density at radius 2 is 2.07 bits per heavy atom. The molecular weight excluding hydrogens is 365 g/mol. The average molecular weight is 369 g/mol. The minimum absolute atomic E-state index is 0.656. The Labute approximate surface area is 112 Å². The summed E-state index contributed by atoms with van der Waals surface area (Å²) in [7, 11) is 0. The molecule has 0 atom stereocenters. The van der Waals surface area contributed by atoms with E-state index < -0.39 is 0 Å². The van der Waals surface area contributed by atoms with Gasteiger partial charge in [-0.3, -0.25) is 0 Å². The van der Waals surface area contributed by atoms with Crippen molar-refractivity contribution in [2.45, 2.75) is 0 Å². The van der Waals surface area contributed by atoms with Gasteiger partial charge in [-0.15, -0.1) is 10.2 Å². The van der Waals surface area contributed by atoms with Crippen molar-refractivity contribution in [3.8, 4) is 0 Å². The van der Waals surface area contributed by atoms with Gasteiger partial charge in [-0.1, -0.05) is 29.0 Å². The lowest BCUT2D eigenvalue weighted by atomic mass is 10.3. The number of halogens is 3. The van der Waals surface area contributed by atoms with Gasteiger partial charge in [0.25, 0.3) is 0 Å². The van der Waals surface area contributed by atoms with Crippen LogP contribution in [0.15, 0.2) is 26.6 Å². The lowest BCUT2D eigenvalue weighted by molar-refractivity contribution is 1.07. The first-order valence-corrected chi connectivity index (χ1v) is 6.65. The zero-order valence-corrected chi connectivity index (χ0v) is 11.9. The molecule has 78 valence electrons. The molecule has 2 rings (SSSR count). The second-order valence-electron chi connectivity index (χ2n) is 2.59. The third-order valence-electron chi connectivity index (χ3n) is 1.59. The van der Waals surface area contributed by atoms with Gasteiger partial charge in [-0.2, -0.15) is 0 Å². The molecule has 15 heavy (non-hydrogen) atoms. The SMILES string of the molecule is Clc1cccc(Nc2nnc(Br)s2)c1Br. The highest BCUT2D eigenvalue weighted by Crippen LogP contribution is 2.33. The summed E-state index contributed by atoms with van der Waals surface area (Å²) in [5.74, 6) is 0. The summed E-state index contributed by atoms with van der Waals surface area (Å²) in [5, 5.41) is 12.3. The van der Waals surface area contributed by atoms with Gasteiger partial charge in [0.05, 0.1) is 15.2 Å². The third kappa shape index (κ3) is 2.69. The predicted molar refractivity (Wildman–Crippen MR) is 70.0 cm³/mol. The van der Waals surface area contributed by atoms with Gasteiger partial charge in [-0.25, -0.2) is 0 Å². The molecular formula is C8H4Br2ClN3S. The smallest absolute Gasteiger partial charge is 0.210 e. The topological polar surface area (TPSA) is 37.8 Å². The van der Waals surface area contributed by atoms with Crippen molar-refractivity contribution in [2.75, 3.05) is 5.32 Å². The van der Waals surface area contributed by atoms with Gasteiger partial charge in [0.2, 0.25) is 5.13 Å². The molecule has 2 aromatic rings. The largest absolute Gasteiger partial charge is 0.329 e. The number of aromatic nitrogens is 2. The number of benzene rings is 1. The molecule has 0 bridgehead atoms. The molecule has 0 aliphatic carbocycles. The minimum atomic E-state index is 0.656. The molecule has 1 heterocycles. The van der Waals surface area contributed by atoms with E-state index >= 15 is 0 Å². The Morgan fingerprint density at radius 1 is 1.27 bits per heavy atom. The monoisotopic (exact) mass is 367 g/mol. The van der Waals surface area contributed by atoms with Crippen LogP contribution in [-0.2, 0) is 0 Å². The van der Waals surface area contributed by atoms with Gasteiger partial charge in [0, 0.05) is 0 Å². The normalized spacial score (nSPS) is 10.3. The van der Waals surface area contributed by atoms with Crippen molar-refractivity contribution < 1.29 is 0 Å². The van der Waals surface area contributed by atoms with Gasteiger partial charge in [0.1, 0.15) is 0 Å². The Bertz CT molecular complexity index is 488. The van der Waals surface area contributed by atoms with Crippen LogP contribution in [0.5, 0.6) is 0 Å². The van der Waals surface area contributed by atoms with E-state index in [1.807, 2.05) is 18.2 Å². The van der Waals surface area contributed by atoms with E-state index in [0.717, 1.165) is 14.1 Å². The Kier molecular flexibility index (Phi) is 3.60. The third-order valence-corrected chi connectivity index (χ3v) is 4.26. The quantitative estimate of drug-likeness (QED) is 0.849. The molecule has 1 aromatic carbocycles. The van der Waals surface area contributed by atoms with Crippen molar-refractivity contribution in [2.24, 2.45) is 0 Å². The van der Waals surface area contributed by atoms with Crippen LogP contribution in [0.3, 0.4) is 0 Å². The van der Waals surface area contributed by atoms with Crippen LogP contribution in [0, 0.1) is 0 Å². The van der Waals surface area contributed by atoms with Crippen LogP contribution in [0.25, 0.3) is 0 Å². The fourth-order valence-electron chi connectivity index (χ4n) is 0.971. The van der Waals surface area contributed by atoms with E-state index in [1.54, 1.807) is 0 Å². The van der Waals surface area contributed by atoms with Crippen LogP contribution in [0.2, 0.25) is 5.02 Å². The number of hydrogen-bond acceptors (Lipinski definition) is 4. The molecule has 0 saturated carbocycles. The molecule has 0 fully saturated rings. The molecule has 0 amide bonds. The molecule has 0 aliphatic heterocycles. The number of anilines is 2. The fraction of sp³-hybridized carbons (Fsp3) is 0. The van der Waals surface area contributed by atoms with E-state index in [9.17, 15) is 0 Å². The molecule has 0 aliphatic rings. The van der Waals surface area contributed by atoms with Gasteiger partial charge < -0.3 is 5.32 Å². The lowest BCUT2D eigenvalue weighted by Crippen LogP contribution is -1.90. The molecule has 0 unspecified atom stereocenters.